The topological polar surface area (TPSA) is 101 Å². The molecule has 0 saturated carbocycles. The molecule has 0 amide bonds. The van der Waals surface area contributed by atoms with Gasteiger partial charge in [-0.25, -0.2) is 0 Å². The third kappa shape index (κ3) is 2.15. The summed E-state index contributed by atoms with van der Waals surface area (Å²) in [6.45, 7) is 1.26. The lowest BCUT2D eigenvalue weighted by Gasteiger charge is -2.30. The fourth-order valence-electron chi connectivity index (χ4n) is 3.91. The van der Waals surface area contributed by atoms with Gasteiger partial charge in [-0.05, 0) is 19.3 Å². The van der Waals surface area contributed by atoms with Crippen molar-refractivity contribution in [2.24, 2.45) is 0 Å². The van der Waals surface area contributed by atoms with Crippen molar-refractivity contribution in [3.05, 3.63) is 57.6 Å². The molecule has 4 rings (SSSR count). The molecular formula is C20H16O6. The number of carbonyl (C=O) groups is 3. The summed E-state index contributed by atoms with van der Waals surface area (Å²) in [6.07, 6.45) is 0.752. The molecule has 0 aromatic heterocycles. The number of esters is 1. The second-order valence-electron chi connectivity index (χ2n) is 6.53. The van der Waals surface area contributed by atoms with Crippen LogP contribution in [0.5, 0.6) is 11.5 Å². The molecule has 0 fully saturated rings. The Morgan fingerprint density at radius 1 is 1.04 bits per heavy atom. The fraction of sp³-hybridized carbons (Fsp3) is 0.250. The Morgan fingerprint density at radius 2 is 1.62 bits per heavy atom. The molecule has 0 heterocycles. The zero-order valence-corrected chi connectivity index (χ0v) is 14.0. The monoisotopic (exact) mass is 352 g/mol. The van der Waals surface area contributed by atoms with Crippen LogP contribution in [0.1, 0.15) is 68.8 Å². The standard InChI is InChI=1S/C20H16O6/c1-9(21)26-13-8-4-7-12-14(13)20(25)16-15(19(12)24)17(22)10-5-2-3-6-11(10)18(16)23/h2-3,5-6,13,24-25H,4,7-8H2,1H3. The molecule has 2 aromatic carbocycles. The van der Waals surface area contributed by atoms with E-state index in [4.69, 9.17) is 4.74 Å². The molecule has 0 saturated heterocycles. The number of rotatable bonds is 1. The first kappa shape index (κ1) is 16.3. The molecule has 1 unspecified atom stereocenters. The largest absolute Gasteiger partial charge is 0.507 e. The maximum atomic E-state index is 12.9. The number of hydrogen-bond donors (Lipinski definition) is 2. The van der Waals surface area contributed by atoms with Crippen LogP contribution in [0.3, 0.4) is 0 Å². The summed E-state index contributed by atoms with van der Waals surface area (Å²) in [4.78, 5) is 37.2. The quantitative estimate of drug-likeness (QED) is 0.516. The van der Waals surface area contributed by atoms with Gasteiger partial charge in [0, 0.05) is 29.2 Å². The lowest BCUT2D eigenvalue weighted by atomic mass is 9.77. The highest BCUT2D eigenvalue weighted by Gasteiger charge is 2.40. The molecule has 6 nitrogen and oxygen atoms in total. The van der Waals surface area contributed by atoms with E-state index in [0.29, 0.717) is 24.8 Å². The number of carbonyl (C=O) groups excluding carboxylic acids is 3. The van der Waals surface area contributed by atoms with E-state index in [-0.39, 0.29) is 39.3 Å². The normalized spacial score (nSPS) is 18.0. The van der Waals surface area contributed by atoms with Crippen LogP contribution in [0.2, 0.25) is 0 Å². The van der Waals surface area contributed by atoms with Crippen molar-refractivity contribution in [3.63, 3.8) is 0 Å². The van der Waals surface area contributed by atoms with Gasteiger partial charge in [0.2, 0.25) is 0 Å². The maximum absolute atomic E-state index is 12.9. The van der Waals surface area contributed by atoms with Crippen molar-refractivity contribution in [3.8, 4) is 11.5 Å². The Balaban J connectivity index is 2.01. The van der Waals surface area contributed by atoms with Crippen LogP contribution in [0.15, 0.2) is 24.3 Å². The van der Waals surface area contributed by atoms with E-state index in [1.54, 1.807) is 12.1 Å². The SMILES string of the molecule is CC(=O)OC1CCCc2c(O)c3c(c(O)c21)C(=O)c1ccccc1C3=O. The van der Waals surface area contributed by atoms with E-state index in [0.717, 1.165) is 0 Å². The van der Waals surface area contributed by atoms with Gasteiger partial charge in [0.05, 0.1) is 11.1 Å². The number of ketones is 2. The van der Waals surface area contributed by atoms with Gasteiger partial charge in [0.25, 0.3) is 0 Å². The van der Waals surface area contributed by atoms with Crippen LogP contribution in [0.25, 0.3) is 0 Å². The summed E-state index contributed by atoms with van der Waals surface area (Å²) in [5.74, 6) is -2.24. The molecule has 2 aromatic rings. The van der Waals surface area contributed by atoms with E-state index in [1.165, 1.54) is 19.1 Å². The maximum Gasteiger partial charge on any atom is 0.303 e. The van der Waals surface area contributed by atoms with Gasteiger partial charge in [-0.1, -0.05) is 24.3 Å². The smallest absolute Gasteiger partial charge is 0.303 e. The number of aromatic hydroxyl groups is 2. The minimum atomic E-state index is -0.757. The zero-order chi connectivity index (χ0) is 18.6. The average molecular weight is 352 g/mol. The highest BCUT2D eigenvalue weighted by atomic mass is 16.5. The van der Waals surface area contributed by atoms with E-state index in [9.17, 15) is 24.6 Å². The Kier molecular flexibility index (Phi) is 3.57. The molecular weight excluding hydrogens is 336 g/mol. The number of benzene rings is 2. The summed E-state index contributed by atoms with van der Waals surface area (Å²) in [7, 11) is 0. The van der Waals surface area contributed by atoms with E-state index in [1.807, 2.05) is 0 Å². The predicted octanol–water partition coefficient (Wildman–Crippen LogP) is 2.81. The Bertz CT molecular complexity index is 988. The molecule has 6 heteroatoms. The third-order valence-electron chi connectivity index (χ3n) is 4.98. The minimum Gasteiger partial charge on any atom is -0.507 e. The number of phenols is 2. The highest BCUT2D eigenvalue weighted by Crippen LogP contribution is 2.49. The second kappa shape index (κ2) is 5.69. The molecule has 0 spiro atoms. The molecule has 2 aliphatic carbocycles. The fourth-order valence-corrected chi connectivity index (χ4v) is 3.91. The summed E-state index contributed by atoms with van der Waals surface area (Å²) >= 11 is 0. The van der Waals surface area contributed by atoms with Gasteiger partial charge in [-0.3, -0.25) is 14.4 Å². The zero-order valence-electron chi connectivity index (χ0n) is 14.0. The van der Waals surface area contributed by atoms with Crippen LogP contribution in [0, 0.1) is 0 Å². The van der Waals surface area contributed by atoms with E-state index < -0.39 is 23.6 Å². The second-order valence-corrected chi connectivity index (χ2v) is 6.53. The third-order valence-corrected chi connectivity index (χ3v) is 4.98. The molecule has 0 radical (unpaired) electrons. The first-order chi connectivity index (χ1) is 12.4. The van der Waals surface area contributed by atoms with Gasteiger partial charge < -0.3 is 14.9 Å². The highest BCUT2D eigenvalue weighted by molar-refractivity contribution is 6.30. The lowest BCUT2D eigenvalue weighted by Crippen LogP contribution is -2.24. The molecule has 2 N–H and O–H groups in total. The van der Waals surface area contributed by atoms with Gasteiger partial charge in [-0.2, -0.15) is 0 Å². The Labute approximate surface area is 149 Å². The van der Waals surface area contributed by atoms with Crippen molar-refractivity contribution in [1.82, 2.24) is 0 Å². The Morgan fingerprint density at radius 3 is 2.19 bits per heavy atom. The lowest BCUT2D eigenvalue weighted by molar-refractivity contribution is -0.147. The number of phenolic OH excluding ortho intramolecular Hbond substituents is 2. The molecule has 1 atom stereocenters. The van der Waals surface area contributed by atoms with Gasteiger partial charge in [0.1, 0.15) is 17.6 Å². The number of fused-ring (bicyclic) bond motifs is 3. The van der Waals surface area contributed by atoms with Crippen molar-refractivity contribution in [1.29, 1.82) is 0 Å². The Hall–Kier alpha value is -3.15. The van der Waals surface area contributed by atoms with Gasteiger partial charge in [0.15, 0.2) is 11.6 Å². The van der Waals surface area contributed by atoms with Crippen LogP contribution in [-0.4, -0.2) is 27.7 Å². The van der Waals surface area contributed by atoms with Crippen LogP contribution in [0.4, 0.5) is 0 Å². The number of hydrogen-bond acceptors (Lipinski definition) is 6. The first-order valence-corrected chi connectivity index (χ1v) is 8.38. The summed E-state index contributed by atoms with van der Waals surface area (Å²) in [6, 6.07) is 6.31. The molecule has 0 bridgehead atoms. The van der Waals surface area contributed by atoms with Crippen LogP contribution in [-0.2, 0) is 16.0 Å². The van der Waals surface area contributed by atoms with E-state index >= 15 is 0 Å². The van der Waals surface area contributed by atoms with Gasteiger partial charge >= 0.3 is 5.97 Å². The van der Waals surface area contributed by atoms with Crippen molar-refractivity contribution >= 4 is 17.5 Å². The minimum absolute atomic E-state index is 0.173. The van der Waals surface area contributed by atoms with E-state index in [2.05, 4.69) is 0 Å². The van der Waals surface area contributed by atoms with Crippen molar-refractivity contribution in [2.45, 2.75) is 32.3 Å². The van der Waals surface area contributed by atoms with Crippen molar-refractivity contribution in [2.75, 3.05) is 0 Å². The average Bonchev–Trinajstić information content (AvgIpc) is 2.62. The summed E-state index contributed by atoms with van der Waals surface area (Å²) in [5.41, 5.74) is 0.575. The summed E-state index contributed by atoms with van der Waals surface area (Å²) < 4.78 is 5.27. The van der Waals surface area contributed by atoms with Crippen LogP contribution < -0.4 is 0 Å². The molecule has 0 aliphatic heterocycles. The first-order valence-electron chi connectivity index (χ1n) is 8.38. The van der Waals surface area contributed by atoms with Gasteiger partial charge in [-0.15, -0.1) is 0 Å². The predicted molar refractivity (Wildman–Crippen MR) is 90.5 cm³/mol. The number of ether oxygens (including phenoxy) is 1. The molecule has 132 valence electrons. The van der Waals surface area contributed by atoms with Crippen molar-refractivity contribution < 1.29 is 29.3 Å². The van der Waals surface area contributed by atoms with Crippen LogP contribution >= 0.6 is 0 Å². The molecule has 2 aliphatic rings. The molecule has 26 heavy (non-hydrogen) atoms. The summed E-state index contributed by atoms with van der Waals surface area (Å²) in [5, 5.41) is 21.6.